The van der Waals surface area contributed by atoms with E-state index in [1.165, 1.54) is 154 Å². The molecule has 0 aromatic heterocycles. The Morgan fingerprint density at radius 3 is 0.786 bits per heavy atom. The highest BCUT2D eigenvalue weighted by atomic mass is 28.4. The summed E-state index contributed by atoms with van der Waals surface area (Å²) in [5.74, 6) is -0.208. The molecule has 6 atom stereocenters. The molecule has 584 valence electrons. The average Bonchev–Trinajstić information content (AvgIpc) is 0.848. The second kappa shape index (κ2) is 49.4. The minimum absolute atomic E-state index is 0.104. The summed E-state index contributed by atoms with van der Waals surface area (Å²) in [6.07, 6.45) is 37.8. The van der Waals surface area contributed by atoms with Crippen LogP contribution in [0.25, 0.3) is 0 Å². The van der Waals surface area contributed by atoms with Gasteiger partial charge in [0.05, 0.1) is 24.4 Å². The molecule has 1 rings (SSSR count). The van der Waals surface area contributed by atoms with E-state index in [0.717, 1.165) is 90.9 Å². The van der Waals surface area contributed by atoms with Gasteiger partial charge < -0.3 is 27.2 Å². The number of hydrogen-bond donors (Lipinski definition) is 0. The summed E-state index contributed by atoms with van der Waals surface area (Å²) in [5, 5.41) is 0.483. The fourth-order valence-corrected chi connectivity index (χ4v) is 18.4. The Morgan fingerprint density at radius 1 is 0.357 bits per heavy atom. The van der Waals surface area contributed by atoms with Gasteiger partial charge in [0, 0.05) is 77.3 Å². The zero-order valence-corrected chi connectivity index (χ0v) is 74.6. The van der Waals surface area contributed by atoms with E-state index in [1.54, 1.807) is 0 Å². The third kappa shape index (κ3) is 41.4. The molecular weight excluding hydrogens is 1280 g/mol. The van der Waals surface area contributed by atoms with Crippen molar-refractivity contribution in [1.82, 2.24) is 19.6 Å². The van der Waals surface area contributed by atoms with Crippen LogP contribution in [0.5, 0.6) is 0 Å². The van der Waals surface area contributed by atoms with Crippen LogP contribution in [0, 0.1) is 0 Å². The molecule has 0 spiro atoms. The second-order valence-electron chi connectivity index (χ2n) is 37.1. The normalized spacial score (nSPS) is 17.5. The highest BCUT2D eigenvalue weighted by molar-refractivity contribution is 6.75. The lowest BCUT2D eigenvalue weighted by molar-refractivity contribution is -0.146. The van der Waals surface area contributed by atoms with Crippen molar-refractivity contribution in [3.8, 4) is 0 Å². The zero-order valence-electron chi connectivity index (χ0n) is 70.6. The molecule has 1 aliphatic heterocycles. The number of hydrogen-bond acceptors (Lipinski definition) is 12. The molecule has 0 aliphatic carbocycles. The van der Waals surface area contributed by atoms with Crippen LogP contribution in [-0.2, 0) is 36.8 Å². The van der Waals surface area contributed by atoms with Crippen LogP contribution < -0.4 is 0 Å². The molecule has 0 bridgehead atoms. The summed E-state index contributed by atoms with van der Waals surface area (Å²) in [6, 6.07) is 0.568. The number of esters is 2. The maximum Gasteiger partial charge on any atom is 0.305 e. The van der Waals surface area contributed by atoms with Gasteiger partial charge in [-0.1, -0.05) is 265 Å². The Bertz CT molecular complexity index is 1780. The Balaban J connectivity index is 3.17. The average molecular weight is 1450 g/mol. The molecule has 0 aromatic rings. The van der Waals surface area contributed by atoms with Crippen LogP contribution in [0.3, 0.4) is 0 Å². The maximum atomic E-state index is 13.7. The Labute approximate surface area is 615 Å². The van der Waals surface area contributed by atoms with Crippen LogP contribution >= 0.6 is 0 Å². The van der Waals surface area contributed by atoms with E-state index in [2.05, 4.69) is 197 Å². The number of unbranched alkanes of at least 4 members (excludes halogenated alkanes) is 20. The lowest BCUT2D eigenvalue weighted by atomic mass is 10.1. The molecule has 0 aromatic carbocycles. The molecule has 98 heavy (non-hydrogen) atoms. The number of carbonyl (C=O) groups excluding carboxylic acids is 2. The first-order valence-electron chi connectivity index (χ1n) is 41.6. The van der Waals surface area contributed by atoms with E-state index in [1.807, 2.05) is 0 Å². The lowest BCUT2D eigenvalue weighted by Crippen LogP contribution is -2.57. The number of piperazine rings is 1. The van der Waals surface area contributed by atoms with Crippen LogP contribution in [0.1, 0.15) is 330 Å². The van der Waals surface area contributed by atoms with Crippen molar-refractivity contribution >= 4 is 45.2 Å². The van der Waals surface area contributed by atoms with Gasteiger partial charge in [0.15, 0.2) is 33.3 Å². The molecule has 0 radical (unpaired) electrons. The maximum absolute atomic E-state index is 13.7. The molecule has 1 aliphatic rings. The van der Waals surface area contributed by atoms with E-state index in [9.17, 15) is 9.59 Å². The molecule has 0 amide bonds. The SMILES string of the molecule is CCCCCCCCC(CN(CCCC(=O)OCCN1CC(C)N(CCOC(=O)CCCN(CC(CCCCCCCC)O[Si](C)(C)C(C)(C)C)CC(CCCCCCCC)O[Si](C)(C)C(C)(C)C)CC1C)CC(CCCCCCCC)O[Si](C)(C)C(C)(C)C)O[Si](C)(C)C(C)(C)C. The van der Waals surface area contributed by atoms with Crippen molar-refractivity contribution in [1.29, 1.82) is 0 Å². The smallest absolute Gasteiger partial charge is 0.305 e. The highest BCUT2D eigenvalue weighted by Crippen LogP contribution is 2.42. The first-order chi connectivity index (χ1) is 45.6. The lowest BCUT2D eigenvalue weighted by Gasteiger charge is -2.44. The molecule has 0 saturated carbocycles. The van der Waals surface area contributed by atoms with Gasteiger partial charge in [-0.25, -0.2) is 0 Å². The van der Waals surface area contributed by atoms with Crippen molar-refractivity contribution < 1.29 is 36.8 Å². The minimum Gasteiger partial charge on any atom is -0.464 e. The summed E-state index contributed by atoms with van der Waals surface area (Å²) >= 11 is 0. The van der Waals surface area contributed by atoms with Gasteiger partial charge in [-0.2, -0.15) is 0 Å². The minimum atomic E-state index is -2.06. The van der Waals surface area contributed by atoms with Crippen LogP contribution in [0.4, 0.5) is 0 Å². The van der Waals surface area contributed by atoms with Gasteiger partial charge in [0.1, 0.15) is 13.2 Å². The predicted octanol–water partition coefficient (Wildman–Crippen LogP) is 23.2. The van der Waals surface area contributed by atoms with Crippen LogP contribution in [0.15, 0.2) is 0 Å². The van der Waals surface area contributed by atoms with Crippen LogP contribution in [-0.4, -0.2) is 180 Å². The highest BCUT2D eigenvalue weighted by Gasteiger charge is 2.44. The number of nitrogens with zero attached hydrogens (tertiary/aromatic N) is 4. The van der Waals surface area contributed by atoms with Crippen molar-refractivity contribution in [2.24, 2.45) is 0 Å². The summed E-state index contributed by atoms with van der Waals surface area (Å²) < 4.78 is 41.6. The Kier molecular flexibility index (Phi) is 48.1. The zero-order chi connectivity index (χ0) is 74.3. The second-order valence-corrected chi connectivity index (χ2v) is 56.1. The van der Waals surface area contributed by atoms with Gasteiger partial charge in [-0.3, -0.25) is 29.2 Å². The molecule has 16 heteroatoms. The standard InChI is InChI=1S/C82H172N4O8Si4/c1-27-31-35-39-43-47-53-73(91-95(19,20)79(7,8)9)67-83(68-74(54-48-44-40-36-32-28-2)92-96(21,22)80(10,11)12)59-51-57-77(87)89-63-61-85-65-72(6)86(66-71(85)5)62-64-90-78(88)58-52-60-84(69-75(55-49-45-41-37-33-29-3)93-97(23,24)81(13,14)15)70-76(56-50-46-42-38-34-30-4)94-98(25,26)82(16,17)18/h71-76H,27-70H2,1-26H3. The first-order valence-corrected chi connectivity index (χ1v) is 53.2. The molecule has 6 unspecified atom stereocenters. The topological polar surface area (TPSA) is 102 Å². The van der Waals surface area contributed by atoms with Gasteiger partial charge in [0.25, 0.3) is 0 Å². The number of ether oxygens (including phenoxy) is 2. The van der Waals surface area contributed by atoms with Gasteiger partial charge in [0.2, 0.25) is 0 Å². The van der Waals surface area contributed by atoms with E-state index >= 15 is 0 Å². The Hall–Kier alpha value is -0.512. The van der Waals surface area contributed by atoms with E-state index in [4.69, 9.17) is 27.2 Å². The van der Waals surface area contributed by atoms with Crippen molar-refractivity contribution in [3.63, 3.8) is 0 Å². The Morgan fingerprint density at radius 2 is 0.571 bits per heavy atom. The molecule has 12 nitrogen and oxygen atoms in total. The summed E-state index contributed by atoms with van der Waals surface area (Å²) in [7, 11) is -8.22. The molecule has 1 fully saturated rings. The van der Waals surface area contributed by atoms with Crippen molar-refractivity contribution in [2.75, 3.05) is 78.7 Å². The van der Waals surface area contributed by atoms with Gasteiger partial charge in [-0.05, 0) is 138 Å². The molecule has 1 heterocycles. The molecule has 1 saturated heterocycles. The number of rotatable bonds is 58. The van der Waals surface area contributed by atoms with Crippen molar-refractivity contribution in [2.45, 2.75) is 439 Å². The summed E-state index contributed by atoms with van der Waals surface area (Å²) in [5.41, 5.74) is 0. The van der Waals surface area contributed by atoms with E-state index < -0.39 is 33.3 Å². The van der Waals surface area contributed by atoms with Crippen molar-refractivity contribution in [3.05, 3.63) is 0 Å². The third-order valence-electron chi connectivity index (χ3n) is 23.7. The predicted molar refractivity (Wildman–Crippen MR) is 436 cm³/mol. The molecule has 0 N–H and O–H groups in total. The number of carbonyl (C=O) groups is 2. The van der Waals surface area contributed by atoms with Gasteiger partial charge in [-0.15, -0.1) is 0 Å². The van der Waals surface area contributed by atoms with Gasteiger partial charge >= 0.3 is 11.9 Å². The fraction of sp³-hybridized carbons (Fsp3) is 0.976. The summed E-state index contributed by atoms with van der Waals surface area (Å²) in [6.45, 7) is 70.5. The molecular formula is C82H172N4O8Si4. The van der Waals surface area contributed by atoms with E-state index in [-0.39, 0.29) is 68.6 Å². The first kappa shape index (κ1) is 95.5. The monoisotopic (exact) mass is 1450 g/mol. The summed E-state index contributed by atoms with van der Waals surface area (Å²) in [4.78, 5) is 37.6. The fourth-order valence-electron chi connectivity index (χ4n) is 12.9. The quantitative estimate of drug-likeness (QED) is 0.0329. The van der Waals surface area contributed by atoms with E-state index in [0.29, 0.717) is 39.1 Å². The van der Waals surface area contributed by atoms with Crippen LogP contribution in [0.2, 0.25) is 72.5 Å². The largest absolute Gasteiger partial charge is 0.464 e. The third-order valence-corrected chi connectivity index (χ3v) is 41.8.